The van der Waals surface area contributed by atoms with Crippen LogP contribution in [0.3, 0.4) is 0 Å². The van der Waals surface area contributed by atoms with Crippen LogP contribution in [-0.4, -0.2) is 39.9 Å². The van der Waals surface area contributed by atoms with Gasteiger partial charge in [-0.05, 0) is 31.4 Å². The van der Waals surface area contributed by atoms with Gasteiger partial charge in [0.1, 0.15) is 5.82 Å². The summed E-state index contributed by atoms with van der Waals surface area (Å²) in [7, 11) is 0. The lowest BCUT2D eigenvalue weighted by Crippen LogP contribution is -2.39. The zero-order chi connectivity index (χ0) is 16.2. The van der Waals surface area contributed by atoms with Crippen LogP contribution < -0.4 is 11.2 Å². The van der Waals surface area contributed by atoms with Crippen LogP contribution in [0.4, 0.5) is 0 Å². The molecule has 0 unspecified atom stereocenters. The van der Waals surface area contributed by atoms with Crippen molar-refractivity contribution in [2.75, 3.05) is 13.2 Å². The molecular formula is C16H22N4O3. The summed E-state index contributed by atoms with van der Waals surface area (Å²) in [6.45, 7) is 1.51. The molecule has 1 amide bonds. The number of nitrogens with one attached hydrogen (secondary N) is 1. The predicted molar refractivity (Wildman–Crippen MR) is 85.0 cm³/mol. The van der Waals surface area contributed by atoms with E-state index >= 15 is 0 Å². The minimum atomic E-state index is -0.747. The zero-order valence-corrected chi connectivity index (χ0v) is 12.9. The molecule has 0 aliphatic carbocycles. The minimum Gasteiger partial charge on any atom is -0.381 e. The lowest BCUT2D eigenvalue weighted by Gasteiger charge is -2.26. The fourth-order valence-electron chi connectivity index (χ4n) is 3.12. The number of benzene rings is 1. The number of nitrogens with two attached hydrogens (primary N) is 1. The first kappa shape index (κ1) is 15.9. The van der Waals surface area contributed by atoms with Gasteiger partial charge >= 0.3 is 0 Å². The van der Waals surface area contributed by atoms with Gasteiger partial charge in [-0.15, -0.1) is 0 Å². The maximum Gasteiger partial charge on any atom is 0.260 e. The highest BCUT2D eigenvalue weighted by molar-refractivity contribution is 5.80. The lowest BCUT2D eigenvalue weighted by atomic mass is 10.1. The van der Waals surface area contributed by atoms with Gasteiger partial charge in [-0.2, -0.15) is 0 Å². The summed E-state index contributed by atoms with van der Waals surface area (Å²) in [4.78, 5) is 16.1. The molecule has 0 saturated carbocycles. The number of amides is 1. The molecule has 1 aromatic heterocycles. The molecule has 2 aromatic rings. The molecular weight excluding hydrogens is 296 g/mol. The second-order valence-electron chi connectivity index (χ2n) is 5.85. The van der Waals surface area contributed by atoms with Crippen LogP contribution in [0.15, 0.2) is 24.3 Å². The minimum absolute atomic E-state index is 0.356. The Kier molecular flexibility index (Phi) is 4.90. The highest BCUT2D eigenvalue weighted by Gasteiger charge is 2.22. The Labute approximate surface area is 134 Å². The smallest absolute Gasteiger partial charge is 0.260 e. The van der Waals surface area contributed by atoms with Crippen molar-refractivity contribution in [2.24, 2.45) is 5.73 Å². The van der Waals surface area contributed by atoms with Crippen LogP contribution >= 0.6 is 0 Å². The van der Waals surface area contributed by atoms with Crippen molar-refractivity contribution in [2.45, 2.75) is 37.8 Å². The van der Waals surface area contributed by atoms with E-state index in [-0.39, 0.29) is 0 Å². The van der Waals surface area contributed by atoms with E-state index < -0.39 is 11.9 Å². The fourth-order valence-corrected chi connectivity index (χ4v) is 3.12. The average molecular weight is 318 g/mol. The Bertz CT molecular complexity index is 679. The van der Waals surface area contributed by atoms with E-state index in [1.165, 1.54) is 0 Å². The largest absolute Gasteiger partial charge is 0.381 e. The maximum absolute atomic E-state index is 11.4. The van der Waals surface area contributed by atoms with E-state index in [1.54, 1.807) is 5.48 Å². The number of aryl methyl sites for hydroxylation is 1. The van der Waals surface area contributed by atoms with Crippen LogP contribution in [-0.2, 0) is 16.0 Å². The molecule has 1 atom stereocenters. The number of carbonyl (C=O) groups excluding carboxylic acids is 1. The topological polar surface area (TPSA) is 102 Å². The van der Waals surface area contributed by atoms with Crippen molar-refractivity contribution in [3.63, 3.8) is 0 Å². The van der Waals surface area contributed by atoms with Crippen molar-refractivity contribution in [1.29, 1.82) is 0 Å². The van der Waals surface area contributed by atoms with Gasteiger partial charge in [0.05, 0.1) is 17.1 Å². The van der Waals surface area contributed by atoms with Crippen LogP contribution in [0.5, 0.6) is 0 Å². The summed E-state index contributed by atoms with van der Waals surface area (Å²) in [5, 5.41) is 8.66. The van der Waals surface area contributed by atoms with Gasteiger partial charge in [-0.1, -0.05) is 12.1 Å². The second kappa shape index (κ2) is 7.08. The third kappa shape index (κ3) is 3.36. The first-order chi connectivity index (χ1) is 11.2. The number of ether oxygens (including phenoxy) is 1. The third-order valence-electron chi connectivity index (χ3n) is 4.35. The van der Waals surface area contributed by atoms with E-state index in [0.717, 1.165) is 42.9 Å². The number of imidazole rings is 1. The zero-order valence-electron chi connectivity index (χ0n) is 12.9. The molecule has 1 aromatic carbocycles. The van der Waals surface area contributed by atoms with Gasteiger partial charge in [0.15, 0.2) is 0 Å². The molecule has 23 heavy (non-hydrogen) atoms. The summed E-state index contributed by atoms with van der Waals surface area (Å²) < 4.78 is 7.72. The van der Waals surface area contributed by atoms with Gasteiger partial charge in [0.2, 0.25) is 0 Å². The fraction of sp³-hybridized carbons (Fsp3) is 0.500. The molecule has 1 saturated heterocycles. The first-order valence-corrected chi connectivity index (χ1v) is 7.94. The molecule has 0 spiro atoms. The van der Waals surface area contributed by atoms with Crippen molar-refractivity contribution in [3.05, 3.63) is 30.1 Å². The van der Waals surface area contributed by atoms with Crippen molar-refractivity contribution in [3.8, 4) is 0 Å². The Morgan fingerprint density at radius 2 is 2.17 bits per heavy atom. The normalized spacial score (nSPS) is 17.3. The molecule has 7 heteroatoms. The predicted octanol–water partition coefficient (Wildman–Crippen LogP) is 1.15. The number of nitrogens with zero attached hydrogens (tertiary/aromatic N) is 2. The van der Waals surface area contributed by atoms with Crippen LogP contribution in [0.1, 0.15) is 31.1 Å². The van der Waals surface area contributed by atoms with Crippen molar-refractivity contribution < 1.29 is 14.7 Å². The molecule has 3 rings (SSSR count). The van der Waals surface area contributed by atoms with Gasteiger partial charge < -0.3 is 15.0 Å². The number of para-hydroxylation sites is 2. The lowest BCUT2D eigenvalue weighted by molar-refractivity contribution is -0.130. The van der Waals surface area contributed by atoms with E-state index in [4.69, 9.17) is 20.7 Å². The van der Waals surface area contributed by atoms with E-state index in [9.17, 15) is 4.79 Å². The van der Waals surface area contributed by atoms with Crippen LogP contribution in [0, 0.1) is 0 Å². The van der Waals surface area contributed by atoms with Gasteiger partial charge in [-0.3, -0.25) is 10.0 Å². The Morgan fingerprint density at radius 1 is 1.43 bits per heavy atom. The van der Waals surface area contributed by atoms with E-state index in [0.29, 0.717) is 18.9 Å². The van der Waals surface area contributed by atoms with Gasteiger partial charge in [0.25, 0.3) is 5.91 Å². The number of fused-ring (bicyclic) bond motifs is 1. The molecule has 7 nitrogen and oxygen atoms in total. The highest BCUT2D eigenvalue weighted by Crippen LogP contribution is 2.28. The second-order valence-corrected chi connectivity index (χ2v) is 5.85. The molecule has 1 aliphatic heterocycles. The maximum atomic E-state index is 11.4. The summed E-state index contributed by atoms with van der Waals surface area (Å²) in [5.74, 6) is 0.359. The number of rotatable bonds is 5. The molecule has 1 aliphatic rings. The van der Waals surface area contributed by atoms with Crippen LogP contribution in [0.25, 0.3) is 11.0 Å². The van der Waals surface area contributed by atoms with Crippen molar-refractivity contribution in [1.82, 2.24) is 15.0 Å². The molecule has 0 bridgehead atoms. The quantitative estimate of drug-likeness (QED) is 0.567. The van der Waals surface area contributed by atoms with E-state index in [1.807, 2.05) is 18.2 Å². The Hall–Kier alpha value is -1.96. The Balaban J connectivity index is 1.87. The highest BCUT2D eigenvalue weighted by atomic mass is 16.5. The number of aromatic nitrogens is 2. The molecule has 124 valence electrons. The third-order valence-corrected chi connectivity index (χ3v) is 4.35. The molecule has 1 fully saturated rings. The number of hydrogen-bond donors (Lipinski definition) is 3. The van der Waals surface area contributed by atoms with Crippen LogP contribution in [0.2, 0.25) is 0 Å². The summed E-state index contributed by atoms with van der Waals surface area (Å²) in [5.41, 5.74) is 9.43. The summed E-state index contributed by atoms with van der Waals surface area (Å²) in [6, 6.07) is 7.65. The number of hydrogen-bond acceptors (Lipinski definition) is 5. The first-order valence-electron chi connectivity index (χ1n) is 7.94. The van der Waals surface area contributed by atoms with Crippen molar-refractivity contribution >= 4 is 16.9 Å². The molecule has 2 heterocycles. The monoisotopic (exact) mass is 318 g/mol. The standard InChI is InChI=1S/C16H22N4O3/c17-12(16(21)19-22)5-6-15-18-13-3-1-2-4-14(13)20(15)11-7-9-23-10-8-11/h1-4,11-12,22H,5-10,17H2,(H,19,21)/t12-/m0/s1. The SMILES string of the molecule is N[C@@H](CCc1nc2ccccc2n1C1CCOCC1)C(=O)NO. The Morgan fingerprint density at radius 3 is 2.91 bits per heavy atom. The van der Waals surface area contributed by atoms with Gasteiger partial charge in [-0.25, -0.2) is 10.5 Å². The average Bonchev–Trinajstić information content (AvgIpc) is 2.98. The van der Waals surface area contributed by atoms with Gasteiger partial charge in [0, 0.05) is 25.7 Å². The number of carbonyl (C=O) groups is 1. The summed E-state index contributed by atoms with van der Waals surface area (Å²) >= 11 is 0. The number of hydroxylamine groups is 1. The molecule has 0 radical (unpaired) electrons. The van der Waals surface area contributed by atoms with E-state index in [2.05, 4.69) is 10.6 Å². The summed E-state index contributed by atoms with van der Waals surface area (Å²) in [6.07, 6.45) is 2.92. The molecule has 4 N–H and O–H groups in total.